The summed E-state index contributed by atoms with van der Waals surface area (Å²) >= 11 is 0. The van der Waals surface area contributed by atoms with Gasteiger partial charge in [-0.1, -0.05) is 0 Å². The van der Waals surface area contributed by atoms with Crippen molar-refractivity contribution in [3.8, 4) is 0 Å². The third-order valence-electron chi connectivity index (χ3n) is 16.5. The Morgan fingerprint density at radius 1 is 1.14 bits per heavy atom. The van der Waals surface area contributed by atoms with Crippen LogP contribution < -0.4 is 0 Å². The first-order valence-electron chi connectivity index (χ1n) is 9.02. The van der Waals surface area contributed by atoms with Crippen molar-refractivity contribution < 1.29 is 16.0 Å². The SMILES string of the molecule is CCOC(=O)C=C[C]12[CH]3[CH]4[CH]5[CH]1[Fe]45321678[CH]2[CH]1[CH]6[C]7(CN(C)C)[CH]28. The van der Waals surface area contributed by atoms with Crippen molar-refractivity contribution in [2.45, 2.75) is 54.1 Å². The Balaban J connectivity index is 1.30. The van der Waals surface area contributed by atoms with Crippen LogP contribution in [0.3, 0.4) is 0 Å². The fourth-order valence-corrected chi connectivity index (χ4v) is 95.4. The molecule has 4 heteroatoms. The number of carbonyl (C=O) groups is 1. The van der Waals surface area contributed by atoms with Crippen LogP contribution in [-0.4, -0.2) is 38.1 Å². The van der Waals surface area contributed by atoms with E-state index in [9.17, 15) is 4.79 Å². The second-order valence-corrected chi connectivity index (χ2v) is 35.7. The molecule has 0 radical (unpaired) electrons. The molecule has 10 fully saturated rings. The summed E-state index contributed by atoms with van der Waals surface area (Å²) in [7, 11) is 4.60. The number of allylic oxidation sites excluding steroid dienone is 1. The molecule has 0 amide bonds. The Morgan fingerprint density at radius 3 is 2.18 bits per heavy atom. The van der Waals surface area contributed by atoms with Gasteiger partial charge in [-0.25, -0.2) is 0 Å². The van der Waals surface area contributed by atoms with E-state index in [1.807, 2.05) is 13.0 Å². The van der Waals surface area contributed by atoms with E-state index in [0.29, 0.717) is 10.9 Å². The number of ether oxygens (including phenoxy) is 1. The van der Waals surface area contributed by atoms with E-state index >= 15 is 0 Å². The van der Waals surface area contributed by atoms with E-state index in [0.717, 1.165) is 4.31 Å². The van der Waals surface area contributed by atoms with Gasteiger partial charge in [0, 0.05) is 0 Å². The molecule has 0 N–H and O–H groups in total. The summed E-state index contributed by atoms with van der Waals surface area (Å²) in [5.74, 6) is -0.0832. The molecule has 0 saturated carbocycles. The molecule has 0 bridgehead atoms. The number of carbonyl (C=O) groups excluding carboxylic acids is 1. The van der Waals surface area contributed by atoms with Crippen molar-refractivity contribution in [2.24, 2.45) is 0 Å². The van der Waals surface area contributed by atoms with Crippen LogP contribution in [0.2, 0.25) is 47.2 Å². The zero-order chi connectivity index (χ0) is 14.6. The van der Waals surface area contributed by atoms with E-state index in [2.05, 4.69) is 25.1 Å². The van der Waals surface area contributed by atoms with E-state index < -0.39 is 6.51 Å². The Hall–Kier alpha value is -0.311. The third-order valence-corrected chi connectivity index (χ3v) is 60.0. The summed E-state index contributed by atoms with van der Waals surface area (Å²) in [6.07, 6.45) is 4.36. The number of nitrogens with zero attached hydrogens (tertiary/aromatic N) is 1. The second kappa shape index (κ2) is 0.954. The van der Waals surface area contributed by atoms with Crippen LogP contribution in [0.15, 0.2) is 12.2 Å². The van der Waals surface area contributed by atoms with Gasteiger partial charge in [0.05, 0.1) is 0 Å². The van der Waals surface area contributed by atoms with Crippen molar-refractivity contribution in [1.29, 1.82) is 0 Å². The predicted octanol–water partition coefficient (Wildman–Crippen LogP) is 3.80. The number of rotatable bonds is 5. The van der Waals surface area contributed by atoms with Gasteiger partial charge in [-0.05, 0) is 0 Å². The summed E-state index contributed by atoms with van der Waals surface area (Å²) < 4.78 is 6.74. The number of hydrogen-bond acceptors (Lipinski definition) is 3. The summed E-state index contributed by atoms with van der Waals surface area (Å²) in [6.45, 7) is 0.534. The molecule has 8 unspecified atom stereocenters. The first-order valence-corrected chi connectivity index (χ1v) is 15.2. The van der Waals surface area contributed by atoms with Gasteiger partial charge in [0.15, 0.2) is 0 Å². The van der Waals surface area contributed by atoms with Crippen LogP contribution in [0.5, 0.6) is 0 Å². The number of hydrogen-bond donors (Lipinski definition) is 0. The average Bonchev–Trinajstić information content (AvgIpc) is 3.40. The van der Waals surface area contributed by atoms with Gasteiger partial charge >= 0.3 is 120 Å². The van der Waals surface area contributed by atoms with Crippen molar-refractivity contribution in [3.05, 3.63) is 12.2 Å². The summed E-state index contributed by atoms with van der Waals surface area (Å²) in [5.41, 5.74) is 0. The molecule has 22 heavy (non-hydrogen) atoms. The summed E-state index contributed by atoms with van der Waals surface area (Å²) in [5, 5.41) is 0. The topological polar surface area (TPSA) is 29.5 Å². The Morgan fingerprint density at radius 2 is 1.73 bits per heavy atom. The van der Waals surface area contributed by atoms with Crippen LogP contribution in [0.4, 0.5) is 0 Å². The van der Waals surface area contributed by atoms with Gasteiger partial charge in [-0.3, -0.25) is 0 Å². The van der Waals surface area contributed by atoms with E-state index in [1.54, 1.807) is 0 Å². The van der Waals surface area contributed by atoms with Crippen LogP contribution >= 0.6 is 0 Å². The molecule has 10 aliphatic rings. The Labute approximate surface area is 120 Å². The van der Waals surface area contributed by atoms with Crippen LogP contribution in [0, 0.1) is 0 Å². The van der Waals surface area contributed by atoms with Crippen molar-refractivity contribution in [3.63, 3.8) is 0 Å². The predicted molar refractivity (Wildman–Crippen MR) is 79.7 cm³/mol. The monoisotopic (exact) mass is 341 g/mol. The molecule has 3 nitrogen and oxygen atoms in total. The Kier molecular flexibility index (Phi) is 0.427. The van der Waals surface area contributed by atoms with Crippen molar-refractivity contribution in [1.82, 2.24) is 4.90 Å². The van der Waals surface area contributed by atoms with Crippen LogP contribution in [0.1, 0.15) is 6.92 Å². The average molecular weight is 341 g/mol. The molecule has 10 heterocycles. The Bertz CT molecular complexity index is 1180. The first kappa shape index (κ1) is 9.86. The van der Waals surface area contributed by atoms with Crippen molar-refractivity contribution >= 4 is 5.97 Å². The number of esters is 1. The quantitative estimate of drug-likeness (QED) is 0.433. The molecule has 0 aromatic carbocycles. The maximum absolute atomic E-state index is 11.9. The molecule has 0 aliphatic carbocycles. The molecular formula is C18H23FeNO2. The fourth-order valence-electron chi connectivity index (χ4n) is 18.9. The maximum atomic E-state index is 11.9. The summed E-state index contributed by atoms with van der Waals surface area (Å²) in [6, 6.07) is 0. The first-order chi connectivity index (χ1) is 10.3. The van der Waals surface area contributed by atoms with Gasteiger partial charge in [-0.15, -0.1) is 0 Å². The molecular weight excluding hydrogens is 318 g/mol. The van der Waals surface area contributed by atoms with E-state index in [1.165, 1.54) is 45.1 Å². The van der Waals surface area contributed by atoms with Gasteiger partial charge in [0.1, 0.15) is 0 Å². The zero-order valence-electron chi connectivity index (χ0n) is 13.3. The zero-order valence-corrected chi connectivity index (χ0v) is 14.4. The normalized spacial score (nSPS) is 98.5. The molecule has 10 saturated heterocycles. The van der Waals surface area contributed by atoms with Crippen LogP contribution in [0.25, 0.3) is 0 Å². The van der Waals surface area contributed by atoms with Gasteiger partial charge in [-0.2, -0.15) is 0 Å². The minimum atomic E-state index is -3.29. The van der Waals surface area contributed by atoms with E-state index in [-0.39, 0.29) is 5.97 Å². The fraction of sp³-hybridized carbons (Fsp3) is 0.833. The molecule has 0 aromatic rings. The van der Waals surface area contributed by atoms with Crippen molar-refractivity contribution in [2.75, 3.05) is 27.2 Å². The molecule has 10 rings (SSSR count). The molecule has 10 aliphatic heterocycles. The standard InChI is InChI=1S/C10H11O2.C8H12N.Fe/c1-2-12-10(11)8-7-9-5-3-4-6-9;1-9(2)7-8-5-3-4-6-8;/h3-8H,2H2,1H3;3-6H,7H2,1-2H3;. The van der Waals surface area contributed by atoms with Gasteiger partial charge in [0.2, 0.25) is 0 Å². The summed E-state index contributed by atoms with van der Waals surface area (Å²) in [4.78, 5) is 24.5. The molecule has 0 aromatic heterocycles. The minimum absolute atomic E-state index is 0.0832. The molecule has 8 atom stereocenters. The second-order valence-electron chi connectivity index (χ2n) is 12.3. The van der Waals surface area contributed by atoms with Gasteiger partial charge < -0.3 is 0 Å². The molecule has 120 valence electrons. The van der Waals surface area contributed by atoms with Gasteiger partial charge in [0.25, 0.3) is 0 Å². The molecule has 1 spiro atoms. The third kappa shape index (κ3) is 0.120. The van der Waals surface area contributed by atoms with E-state index in [4.69, 9.17) is 4.74 Å². The van der Waals surface area contributed by atoms with Crippen LogP contribution in [-0.2, 0) is 16.0 Å². The number of fused-ring (bicyclic) bond motifs is 10.